The molecule has 0 bridgehead atoms. The molecule has 1 saturated carbocycles. The third-order valence-electron chi connectivity index (χ3n) is 5.39. The normalized spacial score (nSPS) is 23.8. The number of sulfonamides is 1. The number of carbonyl (C=O) groups is 1. The second kappa shape index (κ2) is 7.05. The first-order chi connectivity index (χ1) is 11.9. The van der Waals surface area contributed by atoms with Gasteiger partial charge in [-0.25, -0.2) is 8.42 Å². The molecular weight excluding hydrogens is 340 g/mol. The summed E-state index contributed by atoms with van der Waals surface area (Å²) < 4.78 is 27.3. The zero-order valence-corrected chi connectivity index (χ0v) is 15.6. The largest absolute Gasteiger partial charge is 0.391 e. The van der Waals surface area contributed by atoms with Crippen molar-refractivity contribution in [3.8, 4) is 0 Å². The van der Waals surface area contributed by atoms with Crippen molar-refractivity contribution in [3.63, 3.8) is 0 Å². The van der Waals surface area contributed by atoms with Crippen LogP contribution in [0.3, 0.4) is 0 Å². The second-order valence-electron chi connectivity index (χ2n) is 6.88. The summed E-state index contributed by atoms with van der Waals surface area (Å²) in [4.78, 5) is 13.9. The van der Waals surface area contributed by atoms with Crippen molar-refractivity contribution in [3.05, 3.63) is 23.8 Å². The zero-order valence-electron chi connectivity index (χ0n) is 14.8. The van der Waals surface area contributed by atoms with Crippen LogP contribution in [-0.4, -0.2) is 49.5 Å². The summed E-state index contributed by atoms with van der Waals surface area (Å²) >= 11 is 0. The van der Waals surface area contributed by atoms with Crippen molar-refractivity contribution in [2.24, 2.45) is 0 Å². The smallest absolute Gasteiger partial charge is 0.243 e. The number of aliphatic hydroxyl groups is 1. The first kappa shape index (κ1) is 18.4. The van der Waals surface area contributed by atoms with E-state index in [1.165, 1.54) is 4.31 Å². The molecular formula is C18H26N2O4S. The van der Waals surface area contributed by atoms with Gasteiger partial charge in [0.2, 0.25) is 15.9 Å². The maximum absolute atomic E-state index is 13.0. The van der Waals surface area contributed by atoms with Crippen molar-refractivity contribution in [2.75, 3.05) is 18.5 Å². The highest BCUT2D eigenvalue weighted by molar-refractivity contribution is 7.89. The molecule has 6 nitrogen and oxygen atoms in total. The van der Waals surface area contributed by atoms with Gasteiger partial charge in [-0.1, -0.05) is 19.8 Å². The number of carbonyl (C=O) groups excluding carboxylic acids is 1. The number of nitrogens with zero attached hydrogens (tertiary/aromatic N) is 2. The van der Waals surface area contributed by atoms with Gasteiger partial charge in [0, 0.05) is 25.7 Å². The molecule has 1 amide bonds. The van der Waals surface area contributed by atoms with Gasteiger partial charge in [-0.15, -0.1) is 0 Å². The molecule has 3 rings (SSSR count). The average Bonchev–Trinajstić information content (AvgIpc) is 3.04. The maximum Gasteiger partial charge on any atom is 0.243 e. The van der Waals surface area contributed by atoms with E-state index in [2.05, 4.69) is 0 Å². The lowest BCUT2D eigenvalue weighted by molar-refractivity contribution is -0.118. The zero-order chi connectivity index (χ0) is 18.2. The Kier molecular flexibility index (Phi) is 5.18. The van der Waals surface area contributed by atoms with Gasteiger partial charge in [0.25, 0.3) is 0 Å². The van der Waals surface area contributed by atoms with E-state index in [0.29, 0.717) is 32.2 Å². The van der Waals surface area contributed by atoms with Crippen molar-refractivity contribution >= 4 is 21.6 Å². The number of hydrogen-bond acceptors (Lipinski definition) is 4. The summed E-state index contributed by atoms with van der Waals surface area (Å²) in [5, 5.41) is 10.2. The minimum atomic E-state index is -3.67. The van der Waals surface area contributed by atoms with Gasteiger partial charge < -0.3 is 10.0 Å². The molecule has 1 aromatic rings. The lowest BCUT2D eigenvalue weighted by Crippen LogP contribution is -2.46. The van der Waals surface area contributed by atoms with Crippen LogP contribution in [0.15, 0.2) is 23.1 Å². The second-order valence-corrected chi connectivity index (χ2v) is 8.88. The summed E-state index contributed by atoms with van der Waals surface area (Å²) in [7, 11) is -2.12. The van der Waals surface area contributed by atoms with E-state index in [1.807, 2.05) is 6.92 Å². The van der Waals surface area contributed by atoms with E-state index in [0.717, 1.165) is 24.1 Å². The summed E-state index contributed by atoms with van der Waals surface area (Å²) in [6.07, 6.45) is 3.68. The predicted octanol–water partition coefficient (Wildman–Crippen LogP) is 1.91. The highest BCUT2D eigenvalue weighted by Gasteiger charge is 2.35. The minimum Gasteiger partial charge on any atom is -0.391 e. The van der Waals surface area contributed by atoms with E-state index >= 15 is 0 Å². The molecule has 1 heterocycles. The van der Waals surface area contributed by atoms with E-state index in [9.17, 15) is 18.3 Å². The Hall–Kier alpha value is -1.44. The maximum atomic E-state index is 13.0. The van der Waals surface area contributed by atoms with Gasteiger partial charge >= 0.3 is 0 Å². The molecule has 1 N–H and O–H groups in total. The summed E-state index contributed by atoms with van der Waals surface area (Å²) in [5.41, 5.74) is 1.70. The van der Waals surface area contributed by atoms with Crippen LogP contribution in [0, 0.1) is 0 Å². The molecule has 0 spiro atoms. The van der Waals surface area contributed by atoms with Crippen molar-refractivity contribution in [2.45, 2.75) is 62.5 Å². The van der Waals surface area contributed by atoms with Gasteiger partial charge in [0.1, 0.15) is 0 Å². The molecule has 7 heteroatoms. The third-order valence-corrected chi connectivity index (χ3v) is 7.27. The van der Waals surface area contributed by atoms with Crippen LogP contribution in [0.2, 0.25) is 0 Å². The number of anilines is 1. The number of amides is 1. The van der Waals surface area contributed by atoms with E-state index in [4.69, 9.17) is 0 Å². The topological polar surface area (TPSA) is 77.9 Å². The van der Waals surface area contributed by atoms with Crippen molar-refractivity contribution < 1.29 is 18.3 Å². The molecule has 0 radical (unpaired) electrons. The van der Waals surface area contributed by atoms with Crippen LogP contribution >= 0.6 is 0 Å². The molecule has 1 aliphatic carbocycles. The number of rotatable bonds is 4. The summed E-state index contributed by atoms with van der Waals surface area (Å²) in [5.74, 6) is 0.0526. The average molecular weight is 366 g/mol. The number of aliphatic hydroxyl groups excluding tert-OH is 1. The first-order valence-corrected chi connectivity index (χ1v) is 10.4. The van der Waals surface area contributed by atoms with Gasteiger partial charge in [0.05, 0.1) is 17.0 Å². The van der Waals surface area contributed by atoms with E-state index in [1.54, 1.807) is 30.1 Å². The Bertz CT molecular complexity index is 762. The lowest BCUT2D eigenvalue weighted by atomic mass is 9.93. The van der Waals surface area contributed by atoms with E-state index < -0.39 is 16.1 Å². The molecule has 0 aromatic heterocycles. The van der Waals surface area contributed by atoms with Crippen molar-refractivity contribution in [1.82, 2.24) is 4.31 Å². The quantitative estimate of drug-likeness (QED) is 0.883. The molecule has 2 atom stereocenters. The van der Waals surface area contributed by atoms with Crippen LogP contribution in [0.1, 0.15) is 44.6 Å². The molecule has 138 valence electrons. The Labute approximate surface area is 149 Å². The molecule has 1 aromatic carbocycles. The van der Waals surface area contributed by atoms with Gasteiger partial charge in [0.15, 0.2) is 0 Å². The van der Waals surface area contributed by atoms with Crippen LogP contribution in [0.5, 0.6) is 0 Å². The lowest BCUT2D eigenvalue weighted by Gasteiger charge is -2.34. The Morgan fingerprint density at radius 1 is 1.32 bits per heavy atom. The summed E-state index contributed by atoms with van der Waals surface area (Å²) in [6.45, 7) is 2.42. The van der Waals surface area contributed by atoms with Crippen LogP contribution in [0.4, 0.5) is 5.69 Å². The fraction of sp³-hybridized carbons (Fsp3) is 0.611. The molecule has 0 saturated heterocycles. The van der Waals surface area contributed by atoms with Gasteiger partial charge in [-0.2, -0.15) is 4.31 Å². The highest BCUT2D eigenvalue weighted by atomic mass is 32.2. The fourth-order valence-corrected chi connectivity index (χ4v) is 5.32. The minimum absolute atomic E-state index is 0.0526. The Morgan fingerprint density at radius 3 is 2.72 bits per heavy atom. The Morgan fingerprint density at radius 2 is 2.04 bits per heavy atom. The van der Waals surface area contributed by atoms with Crippen LogP contribution < -0.4 is 4.90 Å². The fourth-order valence-electron chi connectivity index (χ4n) is 3.85. The third kappa shape index (κ3) is 3.32. The molecule has 2 aliphatic rings. The van der Waals surface area contributed by atoms with Crippen LogP contribution in [0.25, 0.3) is 0 Å². The standard InChI is InChI=1S/C18H26N2O4S/c1-3-18(22)20-11-10-13-12-14(8-9-15(13)20)25(23,24)19(2)16-6-4-5-7-17(16)21/h8-9,12,16-17,21H,3-7,10-11H2,1-2H3/t16-,17-/m1/s1. The molecule has 1 aliphatic heterocycles. The number of hydrogen-bond donors (Lipinski definition) is 1. The number of benzene rings is 1. The SMILES string of the molecule is CCC(=O)N1CCc2cc(S(=O)(=O)N(C)[C@@H]3CCCC[C@H]3O)ccc21. The molecule has 0 unspecified atom stereocenters. The first-order valence-electron chi connectivity index (χ1n) is 8.95. The van der Waals surface area contributed by atoms with Gasteiger partial charge in [-0.3, -0.25) is 4.79 Å². The van der Waals surface area contributed by atoms with Gasteiger partial charge in [-0.05, 0) is 43.0 Å². The summed E-state index contributed by atoms with van der Waals surface area (Å²) in [6, 6.07) is 4.61. The number of likely N-dealkylation sites (N-methyl/N-ethyl adjacent to an activating group) is 1. The monoisotopic (exact) mass is 366 g/mol. The predicted molar refractivity (Wildman–Crippen MR) is 96.0 cm³/mol. The number of fused-ring (bicyclic) bond motifs is 1. The highest BCUT2D eigenvalue weighted by Crippen LogP contribution is 2.33. The van der Waals surface area contributed by atoms with Crippen molar-refractivity contribution in [1.29, 1.82) is 0 Å². The van der Waals surface area contributed by atoms with E-state index in [-0.39, 0.29) is 16.8 Å². The Balaban J connectivity index is 1.87. The molecule has 1 fully saturated rings. The molecule has 25 heavy (non-hydrogen) atoms. The van der Waals surface area contributed by atoms with Crippen LogP contribution in [-0.2, 0) is 21.2 Å².